The first-order valence-corrected chi connectivity index (χ1v) is 9.49. The molecule has 2 N–H and O–H groups in total. The number of nitrogens with zero attached hydrogens (tertiary/aromatic N) is 1. The minimum atomic E-state index is -3.63. The molecule has 0 radical (unpaired) electrons. The lowest BCUT2D eigenvalue weighted by molar-refractivity contribution is -0.154. The molecule has 1 aromatic rings. The first kappa shape index (κ1) is 19.4. The molecule has 1 aliphatic heterocycles. The molecule has 0 aliphatic carbocycles. The van der Waals surface area contributed by atoms with E-state index in [-0.39, 0.29) is 36.5 Å². The van der Waals surface area contributed by atoms with Crippen molar-refractivity contribution in [3.05, 3.63) is 29.8 Å². The van der Waals surface area contributed by atoms with E-state index in [0.29, 0.717) is 12.0 Å². The van der Waals surface area contributed by atoms with Gasteiger partial charge in [0.1, 0.15) is 0 Å². The van der Waals surface area contributed by atoms with Gasteiger partial charge >= 0.3 is 5.97 Å². The molecular formula is C16H22N2O6S. The van der Waals surface area contributed by atoms with E-state index < -0.39 is 22.1 Å². The van der Waals surface area contributed by atoms with Crippen LogP contribution in [0.3, 0.4) is 0 Å². The molecular weight excluding hydrogens is 348 g/mol. The van der Waals surface area contributed by atoms with Crippen LogP contribution in [-0.4, -0.2) is 62.1 Å². The van der Waals surface area contributed by atoms with E-state index in [1.54, 1.807) is 6.92 Å². The largest absolute Gasteiger partial charge is 0.479 e. The summed E-state index contributed by atoms with van der Waals surface area (Å²) >= 11 is 0. The van der Waals surface area contributed by atoms with Crippen LogP contribution in [0.15, 0.2) is 29.2 Å². The maximum atomic E-state index is 12.5. The SMILES string of the molecule is CCC(C)NS(=O)(=O)c1ccc(C(=O)N2CCOC(C(=O)O)C2)cc1. The minimum Gasteiger partial charge on any atom is -0.479 e. The molecule has 1 amide bonds. The topological polar surface area (TPSA) is 113 Å². The Morgan fingerprint density at radius 1 is 1.36 bits per heavy atom. The van der Waals surface area contributed by atoms with E-state index >= 15 is 0 Å². The molecule has 0 bridgehead atoms. The Hall–Kier alpha value is -1.97. The molecule has 1 heterocycles. The van der Waals surface area contributed by atoms with E-state index in [2.05, 4.69) is 4.72 Å². The van der Waals surface area contributed by atoms with Crippen LogP contribution in [0.5, 0.6) is 0 Å². The third-order valence-electron chi connectivity index (χ3n) is 4.01. The molecule has 138 valence electrons. The fraction of sp³-hybridized carbons (Fsp3) is 0.500. The zero-order valence-electron chi connectivity index (χ0n) is 14.1. The van der Waals surface area contributed by atoms with Crippen molar-refractivity contribution in [3.63, 3.8) is 0 Å². The van der Waals surface area contributed by atoms with E-state index in [1.807, 2.05) is 6.92 Å². The molecule has 1 fully saturated rings. The predicted octanol–water partition coefficient (Wildman–Crippen LogP) is 0.689. The van der Waals surface area contributed by atoms with Gasteiger partial charge in [-0.25, -0.2) is 17.9 Å². The van der Waals surface area contributed by atoms with Crippen molar-refractivity contribution in [2.75, 3.05) is 19.7 Å². The number of benzene rings is 1. The summed E-state index contributed by atoms with van der Waals surface area (Å²) in [6, 6.07) is 5.41. The second-order valence-corrected chi connectivity index (χ2v) is 7.62. The lowest BCUT2D eigenvalue weighted by Gasteiger charge is -2.30. The maximum absolute atomic E-state index is 12.5. The molecule has 1 saturated heterocycles. The van der Waals surface area contributed by atoms with Gasteiger partial charge in [0, 0.05) is 18.2 Å². The highest BCUT2D eigenvalue weighted by molar-refractivity contribution is 7.89. The second kappa shape index (κ2) is 7.94. The highest BCUT2D eigenvalue weighted by Crippen LogP contribution is 2.15. The summed E-state index contributed by atoms with van der Waals surface area (Å²) in [6.45, 7) is 4.05. The van der Waals surface area contributed by atoms with Gasteiger partial charge in [-0.2, -0.15) is 0 Å². The summed E-state index contributed by atoms with van der Waals surface area (Å²) in [4.78, 5) is 24.9. The van der Waals surface area contributed by atoms with Gasteiger partial charge in [-0.3, -0.25) is 4.79 Å². The molecule has 2 rings (SSSR count). The van der Waals surface area contributed by atoms with E-state index in [9.17, 15) is 18.0 Å². The number of hydrogen-bond donors (Lipinski definition) is 2. The Morgan fingerprint density at radius 3 is 2.56 bits per heavy atom. The van der Waals surface area contributed by atoms with Gasteiger partial charge < -0.3 is 14.7 Å². The van der Waals surface area contributed by atoms with Gasteiger partial charge in [0.15, 0.2) is 6.10 Å². The number of rotatable bonds is 6. The van der Waals surface area contributed by atoms with Crippen molar-refractivity contribution in [1.82, 2.24) is 9.62 Å². The van der Waals surface area contributed by atoms with E-state index in [0.717, 1.165) is 0 Å². The zero-order valence-corrected chi connectivity index (χ0v) is 15.0. The first-order chi connectivity index (χ1) is 11.7. The molecule has 2 atom stereocenters. The molecule has 0 aromatic heterocycles. The second-order valence-electron chi connectivity index (χ2n) is 5.90. The van der Waals surface area contributed by atoms with E-state index in [4.69, 9.17) is 9.84 Å². The molecule has 1 aromatic carbocycles. The van der Waals surface area contributed by atoms with Crippen molar-refractivity contribution in [1.29, 1.82) is 0 Å². The van der Waals surface area contributed by atoms with Crippen LogP contribution in [0.4, 0.5) is 0 Å². The van der Waals surface area contributed by atoms with Gasteiger partial charge in [0.05, 0.1) is 18.0 Å². The smallest absolute Gasteiger partial charge is 0.334 e. The Bertz CT molecular complexity index is 731. The number of hydrogen-bond acceptors (Lipinski definition) is 5. The Balaban J connectivity index is 2.11. The number of carbonyl (C=O) groups excluding carboxylic acids is 1. The predicted molar refractivity (Wildman–Crippen MR) is 89.8 cm³/mol. The summed E-state index contributed by atoms with van der Waals surface area (Å²) < 4.78 is 32.1. The van der Waals surface area contributed by atoms with Crippen LogP contribution >= 0.6 is 0 Å². The standard InChI is InChI=1S/C16H22N2O6S/c1-3-11(2)17-25(22,23)13-6-4-12(5-7-13)15(19)18-8-9-24-14(10-18)16(20)21/h4-7,11,14,17H,3,8-10H2,1-2H3,(H,20,21). The van der Waals surface area contributed by atoms with Crippen molar-refractivity contribution in [2.24, 2.45) is 0 Å². The maximum Gasteiger partial charge on any atom is 0.334 e. The molecule has 0 saturated carbocycles. The molecule has 1 aliphatic rings. The number of nitrogens with one attached hydrogen (secondary N) is 1. The normalized spacial score (nSPS) is 19.4. The quantitative estimate of drug-likeness (QED) is 0.762. The van der Waals surface area contributed by atoms with Crippen LogP contribution in [-0.2, 0) is 19.6 Å². The lowest BCUT2D eigenvalue weighted by atomic mass is 10.1. The number of aliphatic carboxylic acids is 1. The zero-order chi connectivity index (χ0) is 18.6. The lowest BCUT2D eigenvalue weighted by Crippen LogP contribution is -2.48. The van der Waals surface area contributed by atoms with E-state index in [1.165, 1.54) is 29.2 Å². The van der Waals surface area contributed by atoms with Crippen LogP contribution in [0, 0.1) is 0 Å². The van der Waals surface area contributed by atoms with Gasteiger partial charge in [0.2, 0.25) is 10.0 Å². The third-order valence-corrected chi connectivity index (χ3v) is 5.61. The molecule has 0 spiro atoms. The van der Waals surface area contributed by atoms with Crippen molar-refractivity contribution >= 4 is 21.9 Å². The van der Waals surface area contributed by atoms with Crippen LogP contribution in [0.1, 0.15) is 30.6 Å². The van der Waals surface area contributed by atoms with Gasteiger partial charge in [-0.05, 0) is 37.6 Å². The van der Waals surface area contributed by atoms with Crippen LogP contribution in [0.25, 0.3) is 0 Å². The van der Waals surface area contributed by atoms with Crippen LogP contribution < -0.4 is 4.72 Å². The van der Waals surface area contributed by atoms with Gasteiger partial charge in [0.25, 0.3) is 5.91 Å². The van der Waals surface area contributed by atoms with Gasteiger partial charge in [-0.1, -0.05) is 6.92 Å². The number of sulfonamides is 1. The fourth-order valence-electron chi connectivity index (χ4n) is 2.36. The number of morpholine rings is 1. The molecule has 2 unspecified atom stereocenters. The fourth-order valence-corrected chi connectivity index (χ4v) is 3.69. The average Bonchev–Trinajstić information content (AvgIpc) is 2.60. The third kappa shape index (κ3) is 4.77. The summed E-state index contributed by atoms with van der Waals surface area (Å²) in [7, 11) is -3.63. The molecule has 9 heteroatoms. The Labute approximate surface area is 146 Å². The number of ether oxygens (including phenoxy) is 1. The number of carboxylic acid groups (broad SMARTS) is 1. The average molecular weight is 370 g/mol. The Kier molecular flexibility index (Phi) is 6.15. The summed E-state index contributed by atoms with van der Waals surface area (Å²) in [5.41, 5.74) is 0.300. The molecule has 25 heavy (non-hydrogen) atoms. The summed E-state index contributed by atoms with van der Waals surface area (Å²) in [5, 5.41) is 8.99. The highest BCUT2D eigenvalue weighted by Gasteiger charge is 2.29. The minimum absolute atomic E-state index is 0.0379. The van der Waals surface area contributed by atoms with Crippen molar-refractivity contribution < 1.29 is 27.9 Å². The number of amides is 1. The van der Waals surface area contributed by atoms with Crippen LogP contribution in [0.2, 0.25) is 0 Å². The van der Waals surface area contributed by atoms with Gasteiger partial charge in [-0.15, -0.1) is 0 Å². The summed E-state index contributed by atoms with van der Waals surface area (Å²) in [6.07, 6.45) is -0.380. The summed E-state index contributed by atoms with van der Waals surface area (Å²) in [5.74, 6) is -1.47. The number of carbonyl (C=O) groups is 2. The molecule has 8 nitrogen and oxygen atoms in total. The van der Waals surface area contributed by atoms with Crippen molar-refractivity contribution in [2.45, 2.75) is 37.3 Å². The first-order valence-electron chi connectivity index (χ1n) is 8.00. The highest BCUT2D eigenvalue weighted by atomic mass is 32.2. The Morgan fingerprint density at radius 2 is 2.00 bits per heavy atom. The van der Waals surface area contributed by atoms with Crippen molar-refractivity contribution in [3.8, 4) is 0 Å². The monoisotopic (exact) mass is 370 g/mol. The number of carboxylic acids is 1.